The highest BCUT2D eigenvalue weighted by molar-refractivity contribution is 6.07. The van der Waals surface area contributed by atoms with E-state index < -0.39 is 22.9 Å². The SMILES string of the molecule is CC1(c2cccc(NC(=O)C3(c4cccc(F)c4)CCCC3)c2)NC(=O)NC1=O. The van der Waals surface area contributed by atoms with Crippen LogP contribution >= 0.6 is 0 Å². The highest BCUT2D eigenvalue weighted by atomic mass is 19.1. The summed E-state index contributed by atoms with van der Waals surface area (Å²) in [5.74, 6) is -1.000. The number of nitrogens with one attached hydrogen (secondary N) is 3. The van der Waals surface area contributed by atoms with Crippen molar-refractivity contribution in [3.05, 3.63) is 65.5 Å². The van der Waals surface area contributed by atoms with E-state index in [1.165, 1.54) is 12.1 Å². The molecule has 2 aromatic rings. The monoisotopic (exact) mass is 395 g/mol. The van der Waals surface area contributed by atoms with E-state index in [2.05, 4.69) is 16.0 Å². The molecule has 1 atom stereocenters. The first-order valence-electron chi connectivity index (χ1n) is 9.65. The summed E-state index contributed by atoms with van der Waals surface area (Å²) in [4.78, 5) is 37.1. The van der Waals surface area contributed by atoms with Gasteiger partial charge in [0.1, 0.15) is 11.4 Å². The molecule has 7 heteroatoms. The van der Waals surface area contributed by atoms with Gasteiger partial charge < -0.3 is 10.6 Å². The van der Waals surface area contributed by atoms with Gasteiger partial charge in [-0.3, -0.25) is 14.9 Å². The molecule has 150 valence electrons. The molecule has 0 bridgehead atoms. The van der Waals surface area contributed by atoms with Crippen LogP contribution in [0.25, 0.3) is 0 Å². The Hall–Kier alpha value is -3.22. The van der Waals surface area contributed by atoms with Crippen molar-refractivity contribution >= 4 is 23.5 Å². The lowest BCUT2D eigenvalue weighted by atomic mass is 9.78. The molecule has 1 aliphatic carbocycles. The number of halogens is 1. The molecule has 1 heterocycles. The number of rotatable bonds is 4. The number of hydrogen-bond donors (Lipinski definition) is 3. The zero-order valence-electron chi connectivity index (χ0n) is 16.0. The highest BCUT2D eigenvalue weighted by Crippen LogP contribution is 2.42. The molecule has 0 spiro atoms. The summed E-state index contributed by atoms with van der Waals surface area (Å²) in [6.07, 6.45) is 3.10. The van der Waals surface area contributed by atoms with E-state index in [4.69, 9.17) is 0 Å². The number of amides is 4. The molecule has 6 nitrogen and oxygen atoms in total. The Morgan fingerprint density at radius 3 is 2.38 bits per heavy atom. The number of hydrogen-bond acceptors (Lipinski definition) is 3. The second-order valence-corrected chi connectivity index (χ2v) is 7.87. The molecule has 0 radical (unpaired) electrons. The van der Waals surface area contributed by atoms with E-state index in [9.17, 15) is 18.8 Å². The van der Waals surface area contributed by atoms with Crippen LogP contribution in [0.3, 0.4) is 0 Å². The maximum atomic E-state index is 13.8. The van der Waals surface area contributed by atoms with Crippen LogP contribution in [0, 0.1) is 5.82 Å². The minimum Gasteiger partial charge on any atom is -0.325 e. The van der Waals surface area contributed by atoms with Crippen LogP contribution in [0.4, 0.5) is 14.9 Å². The first-order valence-corrected chi connectivity index (χ1v) is 9.65. The van der Waals surface area contributed by atoms with Crippen LogP contribution < -0.4 is 16.0 Å². The van der Waals surface area contributed by atoms with Gasteiger partial charge in [0.15, 0.2) is 0 Å². The largest absolute Gasteiger partial charge is 0.325 e. The molecule has 2 aromatic carbocycles. The van der Waals surface area contributed by atoms with Crippen LogP contribution in [0.5, 0.6) is 0 Å². The molecule has 4 rings (SSSR count). The van der Waals surface area contributed by atoms with Gasteiger partial charge in [0.05, 0.1) is 5.41 Å². The quantitative estimate of drug-likeness (QED) is 0.694. The molecule has 1 saturated heterocycles. The predicted octanol–water partition coefficient (Wildman–Crippen LogP) is 3.33. The number of anilines is 1. The zero-order chi connectivity index (χ0) is 20.6. The Morgan fingerprint density at radius 1 is 1.03 bits per heavy atom. The molecule has 1 saturated carbocycles. The molecule has 2 aliphatic rings. The fourth-order valence-corrected chi connectivity index (χ4v) is 4.32. The summed E-state index contributed by atoms with van der Waals surface area (Å²) in [5, 5.41) is 7.79. The van der Waals surface area contributed by atoms with Crippen molar-refractivity contribution < 1.29 is 18.8 Å². The Morgan fingerprint density at radius 2 is 1.72 bits per heavy atom. The summed E-state index contributed by atoms with van der Waals surface area (Å²) in [6.45, 7) is 1.61. The summed E-state index contributed by atoms with van der Waals surface area (Å²) in [5.41, 5.74) is -0.222. The average molecular weight is 395 g/mol. The van der Waals surface area contributed by atoms with Gasteiger partial charge in [-0.25, -0.2) is 9.18 Å². The second-order valence-electron chi connectivity index (χ2n) is 7.87. The van der Waals surface area contributed by atoms with Crippen molar-refractivity contribution in [3.63, 3.8) is 0 Å². The van der Waals surface area contributed by atoms with E-state index in [1.54, 1.807) is 43.3 Å². The lowest BCUT2D eigenvalue weighted by Crippen LogP contribution is -2.41. The third-order valence-corrected chi connectivity index (χ3v) is 6.01. The number of carbonyl (C=O) groups is 3. The Kier molecular flexibility index (Phi) is 4.61. The minimum absolute atomic E-state index is 0.192. The van der Waals surface area contributed by atoms with Gasteiger partial charge in [-0.1, -0.05) is 37.1 Å². The number of urea groups is 1. The normalized spacial score (nSPS) is 22.8. The fraction of sp³-hybridized carbons (Fsp3) is 0.318. The van der Waals surface area contributed by atoms with Gasteiger partial charge in [-0.15, -0.1) is 0 Å². The second kappa shape index (κ2) is 6.99. The summed E-state index contributed by atoms with van der Waals surface area (Å²) in [6, 6.07) is 12.5. The lowest BCUT2D eigenvalue weighted by Gasteiger charge is -2.29. The molecule has 29 heavy (non-hydrogen) atoms. The molecule has 4 amide bonds. The van der Waals surface area contributed by atoms with Gasteiger partial charge in [-0.05, 0) is 55.2 Å². The van der Waals surface area contributed by atoms with Crippen molar-refractivity contribution in [3.8, 4) is 0 Å². The molecular weight excluding hydrogens is 373 g/mol. The summed E-state index contributed by atoms with van der Waals surface area (Å²) in [7, 11) is 0. The van der Waals surface area contributed by atoms with E-state index in [0.717, 1.165) is 12.8 Å². The number of carbonyl (C=O) groups excluding carboxylic acids is 3. The summed E-state index contributed by atoms with van der Waals surface area (Å²) >= 11 is 0. The van der Waals surface area contributed by atoms with Gasteiger partial charge >= 0.3 is 6.03 Å². The van der Waals surface area contributed by atoms with E-state index in [0.29, 0.717) is 29.7 Å². The molecule has 1 aliphatic heterocycles. The zero-order valence-corrected chi connectivity index (χ0v) is 16.0. The van der Waals surface area contributed by atoms with Crippen LogP contribution in [0.1, 0.15) is 43.7 Å². The Bertz CT molecular complexity index is 1000. The Balaban J connectivity index is 1.63. The third-order valence-electron chi connectivity index (χ3n) is 6.01. The van der Waals surface area contributed by atoms with Crippen molar-refractivity contribution in [1.29, 1.82) is 0 Å². The lowest BCUT2D eigenvalue weighted by molar-refractivity contribution is -0.123. The first kappa shape index (κ1) is 19.1. The van der Waals surface area contributed by atoms with Crippen molar-refractivity contribution in [2.45, 2.75) is 43.6 Å². The van der Waals surface area contributed by atoms with Gasteiger partial charge in [0.2, 0.25) is 5.91 Å². The maximum absolute atomic E-state index is 13.8. The predicted molar refractivity (Wildman–Crippen MR) is 106 cm³/mol. The van der Waals surface area contributed by atoms with E-state index in [1.807, 2.05) is 0 Å². The molecule has 1 unspecified atom stereocenters. The van der Waals surface area contributed by atoms with Crippen molar-refractivity contribution in [2.75, 3.05) is 5.32 Å². The van der Waals surface area contributed by atoms with Crippen LogP contribution in [0.15, 0.2) is 48.5 Å². The van der Waals surface area contributed by atoms with Crippen LogP contribution in [-0.2, 0) is 20.5 Å². The number of benzene rings is 2. The fourth-order valence-electron chi connectivity index (χ4n) is 4.32. The highest BCUT2D eigenvalue weighted by Gasteiger charge is 2.45. The Labute approximate surface area is 167 Å². The number of imide groups is 1. The molecule has 2 fully saturated rings. The minimum atomic E-state index is -1.20. The molecule has 0 aromatic heterocycles. The molecule has 3 N–H and O–H groups in total. The van der Waals surface area contributed by atoms with Gasteiger partial charge in [0.25, 0.3) is 5.91 Å². The first-order chi connectivity index (χ1) is 13.8. The van der Waals surface area contributed by atoms with Crippen molar-refractivity contribution in [2.24, 2.45) is 0 Å². The van der Waals surface area contributed by atoms with Gasteiger partial charge in [-0.2, -0.15) is 0 Å². The van der Waals surface area contributed by atoms with E-state index in [-0.39, 0.29) is 11.7 Å². The van der Waals surface area contributed by atoms with Crippen LogP contribution in [-0.4, -0.2) is 17.8 Å². The standard InChI is InChI=1S/C22H22FN3O3/c1-21(18(27)25-20(29)26-21)14-6-5-9-17(13-14)24-19(28)22(10-2-3-11-22)15-7-4-8-16(23)12-15/h4-9,12-13H,2-3,10-11H2,1H3,(H,24,28)(H2,25,26,27,29). The van der Waals surface area contributed by atoms with Gasteiger partial charge in [0, 0.05) is 5.69 Å². The van der Waals surface area contributed by atoms with Crippen LogP contribution in [0.2, 0.25) is 0 Å². The smallest absolute Gasteiger partial charge is 0.322 e. The average Bonchev–Trinajstić information content (AvgIpc) is 3.28. The third kappa shape index (κ3) is 3.26. The maximum Gasteiger partial charge on any atom is 0.322 e. The van der Waals surface area contributed by atoms with Crippen molar-refractivity contribution in [1.82, 2.24) is 10.6 Å². The topological polar surface area (TPSA) is 87.3 Å². The molecular formula is C22H22FN3O3. The van der Waals surface area contributed by atoms with E-state index >= 15 is 0 Å². The summed E-state index contributed by atoms with van der Waals surface area (Å²) < 4.78 is 13.8.